The van der Waals surface area contributed by atoms with Crippen LogP contribution in [-0.4, -0.2) is 36.9 Å². The third-order valence-corrected chi connectivity index (χ3v) is 4.15. The predicted octanol–water partition coefficient (Wildman–Crippen LogP) is 0.336. The van der Waals surface area contributed by atoms with Gasteiger partial charge in [0, 0.05) is 6.26 Å². The van der Waals surface area contributed by atoms with Gasteiger partial charge >= 0.3 is 5.97 Å². The highest BCUT2D eigenvalue weighted by Crippen LogP contribution is 2.14. The molecule has 0 aliphatic heterocycles. The summed E-state index contributed by atoms with van der Waals surface area (Å²) in [6.07, 6.45) is 0.969. The van der Waals surface area contributed by atoms with E-state index in [1.54, 1.807) is 0 Å². The van der Waals surface area contributed by atoms with Crippen molar-refractivity contribution in [2.45, 2.75) is 25.6 Å². The van der Waals surface area contributed by atoms with Crippen molar-refractivity contribution in [3.05, 3.63) is 23.2 Å². The van der Waals surface area contributed by atoms with Crippen molar-refractivity contribution in [1.29, 1.82) is 0 Å². The molecule has 0 aliphatic rings. The van der Waals surface area contributed by atoms with Gasteiger partial charge < -0.3 is 14.8 Å². The lowest BCUT2D eigenvalue weighted by molar-refractivity contribution is -0.120. The molecule has 106 valence electrons. The summed E-state index contributed by atoms with van der Waals surface area (Å²) in [5.41, 5.74) is 0.0143. The van der Waals surface area contributed by atoms with E-state index < -0.39 is 27.0 Å². The second-order valence-corrected chi connectivity index (χ2v) is 6.54. The first-order chi connectivity index (χ1) is 8.62. The van der Waals surface area contributed by atoms with E-state index in [4.69, 9.17) is 9.52 Å². The lowest BCUT2D eigenvalue weighted by Gasteiger charge is -2.08. The maximum absolute atomic E-state index is 11.5. The number of carbonyl (C=O) groups is 2. The second kappa shape index (κ2) is 5.43. The molecule has 0 fully saturated rings. The molecule has 1 aromatic heterocycles. The van der Waals surface area contributed by atoms with Gasteiger partial charge in [0.05, 0.1) is 6.54 Å². The molecular weight excluding hydrogens is 274 g/mol. The van der Waals surface area contributed by atoms with Crippen molar-refractivity contribution in [3.8, 4) is 0 Å². The van der Waals surface area contributed by atoms with Crippen LogP contribution in [0.5, 0.6) is 0 Å². The molecule has 1 heterocycles. The fraction of sp³-hybridized carbons (Fsp3) is 0.455. The Morgan fingerprint density at radius 3 is 2.47 bits per heavy atom. The van der Waals surface area contributed by atoms with Crippen LogP contribution in [0.25, 0.3) is 0 Å². The van der Waals surface area contributed by atoms with E-state index in [1.807, 2.05) is 0 Å². The van der Waals surface area contributed by atoms with E-state index in [1.165, 1.54) is 19.9 Å². The summed E-state index contributed by atoms with van der Waals surface area (Å²) in [6.45, 7) is 2.71. The molecule has 1 atom stereocenters. The Bertz CT molecular complexity index is 601. The number of carboxylic acid groups (broad SMARTS) is 1. The van der Waals surface area contributed by atoms with E-state index in [0.717, 1.165) is 6.26 Å². The molecule has 8 heteroatoms. The number of hydrogen-bond donors (Lipinski definition) is 2. The number of aromatic carboxylic acids is 1. The van der Waals surface area contributed by atoms with Crippen molar-refractivity contribution < 1.29 is 27.5 Å². The molecule has 0 bridgehead atoms. The normalized spacial score (nSPS) is 13.0. The number of amides is 1. The second-order valence-electron chi connectivity index (χ2n) is 4.18. The van der Waals surface area contributed by atoms with E-state index in [0.29, 0.717) is 0 Å². The standard InChI is InChI=1S/C11H15NO6S/c1-6-9(11(14)15)4-8(18-6)5-12-10(13)7(2)19(3,16)17/h4,7H,5H2,1-3H3,(H,12,13)(H,14,15). The summed E-state index contributed by atoms with van der Waals surface area (Å²) >= 11 is 0. The third kappa shape index (κ3) is 3.82. The van der Waals surface area contributed by atoms with Gasteiger partial charge in [-0.3, -0.25) is 4.79 Å². The highest BCUT2D eigenvalue weighted by molar-refractivity contribution is 7.92. The summed E-state index contributed by atoms with van der Waals surface area (Å²) in [5, 5.41) is 10.0. The molecule has 0 saturated heterocycles. The van der Waals surface area contributed by atoms with Crippen LogP contribution in [-0.2, 0) is 21.2 Å². The van der Waals surface area contributed by atoms with Crippen molar-refractivity contribution in [3.63, 3.8) is 0 Å². The molecule has 1 aromatic rings. The molecule has 0 aromatic carbocycles. The number of rotatable bonds is 5. The molecule has 1 unspecified atom stereocenters. The summed E-state index contributed by atoms with van der Waals surface area (Å²) in [7, 11) is -3.46. The summed E-state index contributed by atoms with van der Waals surface area (Å²) < 4.78 is 27.5. The van der Waals surface area contributed by atoms with E-state index in [9.17, 15) is 18.0 Å². The predicted molar refractivity (Wildman–Crippen MR) is 66.6 cm³/mol. The Balaban J connectivity index is 2.70. The van der Waals surface area contributed by atoms with Gasteiger partial charge in [-0.05, 0) is 19.9 Å². The average molecular weight is 289 g/mol. The number of sulfone groups is 1. The zero-order valence-corrected chi connectivity index (χ0v) is 11.6. The van der Waals surface area contributed by atoms with Crippen molar-refractivity contribution in [1.82, 2.24) is 5.32 Å². The van der Waals surface area contributed by atoms with Gasteiger partial charge in [0.15, 0.2) is 9.84 Å². The maximum Gasteiger partial charge on any atom is 0.339 e. The lowest BCUT2D eigenvalue weighted by Crippen LogP contribution is -2.36. The van der Waals surface area contributed by atoms with Crippen LogP contribution in [0.15, 0.2) is 10.5 Å². The van der Waals surface area contributed by atoms with Crippen LogP contribution in [0.3, 0.4) is 0 Å². The highest BCUT2D eigenvalue weighted by atomic mass is 32.2. The van der Waals surface area contributed by atoms with Gasteiger partial charge in [0.25, 0.3) is 0 Å². The number of carboxylic acids is 1. The smallest absolute Gasteiger partial charge is 0.339 e. The minimum Gasteiger partial charge on any atom is -0.478 e. The van der Waals surface area contributed by atoms with Crippen LogP contribution >= 0.6 is 0 Å². The number of furan rings is 1. The van der Waals surface area contributed by atoms with Gasteiger partial charge in [-0.1, -0.05) is 0 Å². The zero-order chi connectivity index (χ0) is 14.8. The van der Waals surface area contributed by atoms with Crippen molar-refractivity contribution in [2.24, 2.45) is 0 Å². The van der Waals surface area contributed by atoms with Crippen LogP contribution in [0, 0.1) is 6.92 Å². The molecule has 0 aliphatic carbocycles. The molecule has 19 heavy (non-hydrogen) atoms. The first-order valence-electron chi connectivity index (χ1n) is 5.42. The molecule has 1 amide bonds. The third-order valence-electron chi connectivity index (χ3n) is 2.65. The molecule has 1 rings (SSSR count). The number of hydrogen-bond acceptors (Lipinski definition) is 5. The minimum absolute atomic E-state index is 0.0143. The van der Waals surface area contributed by atoms with Gasteiger partial charge in [0.1, 0.15) is 22.3 Å². The maximum atomic E-state index is 11.5. The SMILES string of the molecule is Cc1oc(CNC(=O)C(C)S(C)(=O)=O)cc1C(=O)O. The molecule has 0 spiro atoms. The monoisotopic (exact) mass is 289 g/mol. The van der Waals surface area contributed by atoms with Gasteiger partial charge in [-0.2, -0.15) is 0 Å². The molecule has 2 N–H and O–H groups in total. The van der Waals surface area contributed by atoms with E-state index in [2.05, 4.69) is 5.32 Å². The summed E-state index contributed by atoms with van der Waals surface area (Å²) in [4.78, 5) is 22.3. The van der Waals surface area contributed by atoms with E-state index >= 15 is 0 Å². The Kier molecular flexibility index (Phi) is 4.35. The van der Waals surface area contributed by atoms with Gasteiger partial charge in [-0.25, -0.2) is 13.2 Å². The number of aryl methyl sites for hydroxylation is 1. The first kappa shape index (κ1) is 15.2. The zero-order valence-electron chi connectivity index (χ0n) is 10.8. The molecule has 7 nitrogen and oxygen atoms in total. The topological polar surface area (TPSA) is 114 Å². The van der Waals surface area contributed by atoms with Crippen LogP contribution in [0.2, 0.25) is 0 Å². The quantitative estimate of drug-likeness (QED) is 0.807. The summed E-state index contributed by atoms with van der Waals surface area (Å²) in [6, 6.07) is 1.29. The van der Waals surface area contributed by atoms with Crippen molar-refractivity contribution >= 4 is 21.7 Å². The summed E-state index contributed by atoms with van der Waals surface area (Å²) in [5.74, 6) is -1.30. The fourth-order valence-corrected chi connectivity index (χ4v) is 1.83. The molecule has 0 saturated carbocycles. The van der Waals surface area contributed by atoms with Crippen LogP contribution < -0.4 is 5.32 Å². The van der Waals surface area contributed by atoms with Gasteiger partial charge in [-0.15, -0.1) is 0 Å². The van der Waals surface area contributed by atoms with Crippen LogP contribution in [0.4, 0.5) is 0 Å². The number of nitrogens with one attached hydrogen (secondary N) is 1. The lowest BCUT2D eigenvalue weighted by atomic mass is 10.2. The minimum atomic E-state index is -3.46. The first-order valence-corrected chi connectivity index (χ1v) is 7.37. The average Bonchev–Trinajstić information content (AvgIpc) is 2.65. The number of carbonyl (C=O) groups excluding carboxylic acids is 1. The highest BCUT2D eigenvalue weighted by Gasteiger charge is 2.23. The fourth-order valence-electron chi connectivity index (χ4n) is 1.36. The van der Waals surface area contributed by atoms with Crippen LogP contribution in [0.1, 0.15) is 28.8 Å². The largest absolute Gasteiger partial charge is 0.478 e. The van der Waals surface area contributed by atoms with E-state index in [-0.39, 0.29) is 23.6 Å². The van der Waals surface area contributed by atoms with Gasteiger partial charge in [0.2, 0.25) is 5.91 Å². The Morgan fingerprint density at radius 2 is 2.05 bits per heavy atom. The Labute approximate surface area is 110 Å². The van der Waals surface area contributed by atoms with Crippen molar-refractivity contribution in [2.75, 3.05) is 6.26 Å². The molecular formula is C11H15NO6S. The Morgan fingerprint density at radius 1 is 1.47 bits per heavy atom. The molecule has 0 radical (unpaired) electrons. The Hall–Kier alpha value is -1.83.